The van der Waals surface area contributed by atoms with Crippen LogP contribution in [0.2, 0.25) is 0 Å². The minimum absolute atomic E-state index is 0.0601. The number of carbonyl (C=O) groups excluding carboxylic acids is 1. The number of alkyl halides is 3. The molecule has 8 heteroatoms. The van der Waals surface area contributed by atoms with Gasteiger partial charge in [-0.3, -0.25) is 4.79 Å². The molecule has 1 aromatic heterocycles. The molecular formula is C13H17F3N2O3. The van der Waals surface area contributed by atoms with E-state index in [1.54, 1.807) is 0 Å². The molecule has 0 unspecified atom stereocenters. The van der Waals surface area contributed by atoms with Crippen molar-refractivity contribution in [3.8, 4) is 0 Å². The highest BCUT2D eigenvalue weighted by Crippen LogP contribution is 2.35. The van der Waals surface area contributed by atoms with Crippen LogP contribution >= 0.6 is 0 Å². The lowest BCUT2D eigenvalue weighted by Crippen LogP contribution is -2.28. The highest BCUT2D eigenvalue weighted by atomic mass is 19.4. The Morgan fingerprint density at radius 2 is 2.38 bits per heavy atom. The molecule has 2 rings (SSSR count). The van der Waals surface area contributed by atoms with E-state index in [4.69, 9.17) is 4.74 Å². The lowest BCUT2D eigenvalue weighted by Gasteiger charge is -2.20. The third kappa shape index (κ3) is 4.20. The van der Waals surface area contributed by atoms with Crippen LogP contribution in [0.1, 0.15) is 37.6 Å². The summed E-state index contributed by atoms with van der Waals surface area (Å²) < 4.78 is 50.1. The quantitative estimate of drug-likeness (QED) is 0.784. The third-order valence-electron chi connectivity index (χ3n) is 3.33. The van der Waals surface area contributed by atoms with E-state index in [-0.39, 0.29) is 18.3 Å². The van der Waals surface area contributed by atoms with Gasteiger partial charge in [0, 0.05) is 32.5 Å². The fourth-order valence-corrected chi connectivity index (χ4v) is 2.24. The molecule has 0 aliphatic carbocycles. The Balaban J connectivity index is 1.95. The minimum atomic E-state index is -4.70. The number of hydrogen-bond donors (Lipinski definition) is 0. The van der Waals surface area contributed by atoms with Crippen LogP contribution in [0.3, 0.4) is 0 Å². The predicted octanol–water partition coefficient (Wildman–Crippen LogP) is 2.53. The van der Waals surface area contributed by atoms with Gasteiger partial charge in [-0.2, -0.15) is 13.2 Å². The second-order valence-electron chi connectivity index (χ2n) is 4.98. The Morgan fingerprint density at radius 1 is 1.62 bits per heavy atom. The first-order valence-corrected chi connectivity index (χ1v) is 6.73. The molecule has 1 fully saturated rings. The first-order valence-electron chi connectivity index (χ1n) is 6.73. The van der Waals surface area contributed by atoms with Crippen molar-refractivity contribution >= 4 is 5.97 Å². The number of rotatable bonds is 5. The first-order chi connectivity index (χ1) is 9.88. The summed E-state index contributed by atoms with van der Waals surface area (Å²) in [6.07, 6.45) is -2.47. The second-order valence-corrected chi connectivity index (χ2v) is 4.98. The predicted molar refractivity (Wildman–Crippen MR) is 66.3 cm³/mol. The number of esters is 1. The van der Waals surface area contributed by atoms with Gasteiger partial charge in [-0.25, -0.2) is 4.98 Å². The summed E-state index contributed by atoms with van der Waals surface area (Å²) in [7, 11) is 1.42. The van der Waals surface area contributed by atoms with Gasteiger partial charge in [0.25, 0.3) is 6.10 Å². The van der Waals surface area contributed by atoms with Gasteiger partial charge in [0.15, 0.2) is 5.82 Å². The number of nitrogens with zero attached hydrogens (tertiary/aromatic N) is 2. The van der Waals surface area contributed by atoms with Gasteiger partial charge in [0.05, 0.1) is 6.10 Å². The van der Waals surface area contributed by atoms with Crippen LogP contribution < -0.4 is 0 Å². The molecule has 2 atom stereocenters. The molecule has 0 spiro atoms. The summed E-state index contributed by atoms with van der Waals surface area (Å²) in [6, 6.07) is 0. The van der Waals surface area contributed by atoms with Crippen molar-refractivity contribution in [1.29, 1.82) is 0 Å². The van der Waals surface area contributed by atoms with E-state index < -0.39 is 18.2 Å². The van der Waals surface area contributed by atoms with E-state index in [0.29, 0.717) is 13.0 Å². The standard InChI is InChI=1S/C13H17F3N2O3/c1-18-7-6-17-12(18)11(13(14,15)16)21-10(19)5-4-9-3-2-8-20-9/h6-7,9,11H,2-5,8H2,1H3/t9-,11-/m0/s1. The van der Waals surface area contributed by atoms with Crippen LogP contribution in [0, 0.1) is 0 Å². The van der Waals surface area contributed by atoms with Crippen molar-refractivity contribution in [3.05, 3.63) is 18.2 Å². The van der Waals surface area contributed by atoms with Crippen molar-refractivity contribution in [1.82, 2.24) is 9.55 Å². The number of aryl methyl sites for hydroxylation is 1. The van der Waals surface area contributed by atoms with Crippen LogP contribution in [-0.2, 0) is 21.3 Å². The van der Waals surface area contributed by atoms with Crippen molar-refractivity contribution < 1.29 is 27.4 Å². The molecule has 118 valence electrons. The van der Waals surface area contributed by atoms with E-state index in [9.17, 15) is 18.0 Å². The Hall–Kier alpha value is -1.57. The van der Waals surface area contributed by atoms with Gasteiger partial charge in [-0.1, -0.05) is 0 Å². The minimum Gasteiger partial charge on any atom is -0.444 e. The maximum atomic E-state index is 13.0. The van der Waals surface area contributed by atoms with E-state index in [1.165, 1.54) is 24.0 Å². The summed E-state index contributed by atoms with van der Waals surface area (Å²) >= 11 is 0. The number of imidazole rings is 1. The molecule has 0 saturated carbocycles. The molecule has 2 heterocycles. The number of carbonyl (C=O) groups is 1. The summed E-state index contributed by atoms with van der Waals surface area (Å²) in [5.74, 6) is -1.23. The zero-order chi connectivity index (χ0) is 15.5. The summed E-state index contributed by atoms with van der Waals surface area (Å²) in [5, 5.41) is 0. The van der Waals surface area contributed by atoms with Gasteiger partial charge in [-0.05, 0) is 19.3 Å². The van der Waals surface area contributed by atoms with E-state index in [1.807, 2.05) is 0 Å². The maximum Gasteiger partial charge on any atom is 0.432 e. The smallest absolute Gasteiger partial charge is 0.432 e. The van der Waals surface area contributed by atoms with Gasteiger partial charge in [0.1, 0.15) is 0 Å². The second kappa shape index (κ2) is 6.46. The SMILES string of the molecule is Cn1ccnc1[C@H](OC(=O)CC[C@@H]1CCCO1)C(F)(F)F. The number of ether oxygens (including phenoxy) is 2. The molecule has 5 nitrogen and oxygen atoms in total. The third-order valence-corrected chi connectivity index (χ3v) is 3.33. The molecule has 1 aliphatic rings. The van der Waals surface area contributed by atoms with Gasteiger partial charge in [-0.15, -0.1) is 0 Å². The van der Waals surface area contributed by atoms with Gasteiger partial charge in [0.2, 0.25) is 0 Å². The molecule has 0 aromatic carbocycles. The van der Waals surface area contributed by atoms with Crippen LogP contribution in [0.25, 0.3) is 0 Å². The number of aromatic nitrogens is 2. The van der Waals surface area contributed by atoms with E-state index >= 15 is 0 Å². The van der Waals surface area contributed by atoms with Crippen molar-refractivity contribution in [2.75, 3.05) is 6.61 Å². The average molecular weight is 306 g/mol. The van der Waals surface area contributed by atoms with Gasteiger partial charge >= 0.3 is 12.1 Å². The van der Waals surface area contributed by atoms with Crippen LogP contribution in [0.15, 0.2) is 12.4 Å². The van der Waals surface area contributed by atoms with Crippen molar-refractivity contribution in [3.63, 3.8) is 0 Å². The molecule has 0 amide bonds. The van der Waals surface area contributed by atoms with Gasteiger partial charge < -0.3 is 14.0 Å². The number of halogens is 3. The summed E-state index contributed by atoms with van der Waals surface area (Å²) in [5.41, 5.74) is 0. The normalized spacial score (nSPS) is 20.5. The van der Waals surface area contributed by atoms with E-state index in [2.05, 4.69) is 9.72 Å². The number of hydrogen-bond acceptors (Lipinski definition) is 4. The fraction of sp³-hybridized carbons (Fsp3) is 0.692. The molecule has 21 heavy (non-hydrogen) atoms. The highest BCUT2D eigenvalue weighted by molar-refractivity contribution is 5.69. The van der Waals surface area contributed by atoms with E-state index in [0.717, 1.165) is 12.8 Å². The first kappa shape index (κ1) is 15.8. The van der Waals surface area contributed by atoms with Crippen molar-refractivity contribution in [2.45, 2.75) is 44.1 Å². The summed E-state index contributed by atoms with van der Waals surface area (Å²) in [6.45, 7) is 0.637. The lowest BCUT2D eigenvalue weighted by atomic mass is 10.1. The van der Waals surface area contributed by atoms with Crippen LogP contribution in [0.4, 0.5) is 13.2 Å². The lowest BCUT2D eigenvalue weighted by molar-refractivity contribution is -0.226. The zero-order valence-electron chi connectivity index (χ0n) is 11.6. The largest absolute Gasteiger partial charge is 0.444 e. The highest BCUT2D eigenvalue weighted by Gasteiger charge is 2.46. The van der Waals surface area contributed by atoms with Crippen LogP contribution in [0.5, 0.6) is 0 Å². The molecule has 1 saturated heterocycles. The molecule has 0 radical (unpaired) electrons. The van der Waals surface area contributed by atoms with Crippen molar-refractivity contribution in [2.24, 2.45) is 7.05 Å². The molecular weight excluding hydrogens is 289 g/mol. The maximum absolute atomic E-state index is 13.0. The fourth-order valence-electron chi connectivity index (χ4n) is 2.24. The monoisotopic (exact) mass is 306 g/mol. The Bertz CT molecular complexity index is 481. The summed E-state index contributed by atoms with van der Waals surface area (Å²) in [4.78, 5) is 15.3. The zero-order valence-corrected chi connectivity index (χ0v) is 11.6. The Morgan fingerprint density at radius 3 is 2.90 bits per heavy atom. The molecule has 0 N–H and O–H groups in total. The molecule has 0 bridgehead atoms. The van der Waals surface area contributed by atoms with Crippen LogP contribution in [-0.4, -0.2) is 34.4 Å². The topological polar surface area (TPSA) is 53.4 Å². The molecule has 1 aliphatic heterocycles. The Labute approximate surface area is 120 Å². The molecule has 1 aromatic rings. The Kier molecular flexibility index (Phi) is 4.87. The average Bonchev–Trinajstić information content (AvgIpc) is 3.03.